The molecule has 3 N–H and O–H groups in total. The molecule has 0 bridgehead atoms. The minimum absolute atomic E-state index is 0.0354. The molecule has 1 aromatic heterocycles. The van der Waals surface area contributed by atoms with E-state index in [0.29, 0.717) is 6.42 Å². The van der Waals surface area contributed by atoms with Gasteiger partial charge in [0.05, 0.1) is 12.8 Å². The highest BCUT2D eigenvalue weighted by atomic mass is 16.3. The van der Waals surface area contributed by atoms with Crippen molar-refractivity contribution < 1.29 is 5.11 Å². The molecule has 0 saturated carbocycles. The maximum Gasteiger partial charge on any atom is 0.0611 e. The summed E-state index contributed by atoms with van der Waals surface area (Å²) in [4.78, 5) is 0. The predicted octanol–water partition coefficient (Wildman–Crippen LogP) is 0.236. The SMILES string of the molecule is C=Cn1cc(CC(C)(N)CO)cn1. The summed E-state index contributed by atoms with van der Waals surface area (Å²) in [6.07, 6.45) is 5.78. The van der Waals surface area contributed by atoms with Crippen molar-refractivity contribution in [1.29, 1.82) is 0 Å². The molecule has 1 unspecified atom stereocenters. The zero-order valence-electron chi connectivity index (χ0n) is 7.77. The molecular formula is C9H15N3O. The number of aliphatic hydroxyl groups excluding tert-OH is 1. The molecule has 0 spiro atoms. The smallest absolute Gasteiger partial charge is 0.0611 e. The molecule has 0 fully saturated rings. The van der Waals surface area contributed by atoms with Crippen LogP contribution in [0.15, 0.2) is 19.0 Å². The van der Waals surface area contributed by atoms with Crippen molar-refractivity contribution >= 4 is 6.20 Å². The third kappa shape index (κ3) is 2.68. The quantitative estimate of drug-likeness (QED) is 0.699. The average Bonchev–Trinajstić information content (AvgIpc) is 2.52. The topological polar surface area (TPSA) is 64.1 Å². The molecule has 1 rings (SSSR count). The predicted molar refractivity (Wildman–Crippen MR) is 52.0 cm³/mol. The monoisotopic (exact) mass is 181 g/mol. The van der Waals surface area contributed by atoms with Gasteiger partial charge in [-0.2, -0.15) is 5.10 Å². The van der Waals surface area contributed by atoms with Crippen LogP contribution in [-0.2, 0) is 6.42 Å². The summed E-state index contributed by atoms with van der Waals surface area (Å²) in [6.45, 7) is 5.35. The van der Waals surface area contributed by atoms with Gasteiger partial charge in [-0.1, -0.05) is 6.58 Å². The summed E-state index contributed by atoms with van der Waals surface area (Å²) < 4.78 is 1.61. The van der Waals surface area contributed by atoms with Crippen LogP contribution in [-0.4, -0.2) is 27.0 Å². The fourth-order valence-electron chi connectivity index (χ4n) is 1.09. The van der Waals surface area contributed by atoms with Gasteiger partial charge >= 0.3 is 0 Å². The number of aromatic nitrogens is 2. The summed E-state index contributed by atoms with van der Waals surface area (Å²) >= 11 is 0. The minimum Gasteiger partial charge on any atom is -0.394 e. The Bertz CT molecular complexity index is 291. The molecule has 0 aromatic carbocycles. The highest BCUT2D eigenvalue weighted by Gasteiger charge is 2.18. The van der Waals surface area contributed by atoms with Crippen LogP contribution in [0.2, 0.25) is 0 Å². The van der Waals surface area contributed by atoms with Crippen molar-refractivity contribution in [2.75, 3.05) is 6.61 Å². The van der Waals surface area contributed by atoms with Crippen molar-refractivity contribution in [2.24, 2.45) is 5.73 Å². The fraction of sp³-hybridized carbons (Fsp3) is 0.444. The number of hydrogen-bond donors (Lipinski definition) is 2. The highest BCUT2D eigenvalue weighted by molar-refractivity contribution is 5.19. The molecule has 0 aliphatic rings. The standard InChI is InChI=1S/C9H15N3O/c1-3-12-6-8(5-11-12)4-9(2,10)7-13/h3,5-6,13H,1,4,7,10H2,2H3. The molecule has 13 heavy (non-hydrogen) atoms. The average molecular weight is 181 g/mol. The number of hydrogen-bond acceptors (Lipinski definition) is 3. The van der Waals surface area contributed by atoms with Gasteiger partial charge < -0.3 is 10.8 Å². The van der Waals surface area contributed by atoms with E-state index in [4.69, 9.17) is 10.8 Å². The van der Waals surface area contributed by atoms with Crippen LogP contribution in [0, 0.1) is 0 Å². The molecule has 1 heterocycles. The molecule has 1 aromatic rings. The van der Waals surface area contributed by atoms with E-state index >= 15 is 0 Å². The molecule has 4 nitrogen and oxygen atoms in total. The summed E-state index contributed by atoms with van der Waals surface area (Å²) in [7, 11) is 0. The van der Waals surface area contributed by atoms with Crippen molar-refractivity contribution in [3.63, 3.8) is 0 Å². The molecule has 0 aliphatic carbocycles. The third-order valence-electron chi connectivity index (χ3n) is 1.81. The summed E-state index contributed by atoms with van der Waals surface area (Å²) in [5, 5.41) is 13.0. The lowest BCUT2D eigenvalue weighted by Crippen LogP contribution is -2.42. The minimum atomic E-state index is -0.574. The van der Waals surface area contributed by atoms with E-state index in [-0.39, 0.29) is 6.61 Å². The lowest BCUT2D eigenvalue weighted by atomic mass is 9.97. The van der Waals surface area contributed by atoms with E-state index in [1.165, 1.54) is 0 Å². The van der Waals surface area contributed by atoms with Gasteiger partial charge in [-0.05, 0) is 18.9 Å². The Morgan fingerprint density at radius 1 is 1.85 bits per heavy atom. The molecule has 0 amide bonds. The van der Waals surface area contributed by atoms with Crippen molar-refractivity contribution in [3.8, 4) is 0 Å². The molecule has 4 heteroatoms. The van der Waals surface area contributed by atoms with Crippen LogP contribution >= 0.6 is 0 Å². The van der Waals surface area contributed by atoms with Gasteiger partial charge in [0.1, 0.15) is 0 Å². The number of nitrogens with zero attached hydrogens (tertiary/aromatic N) is 2. The first kappa shape index (κ1) is 9.95. The summed E-state index contributed by atoms with van der Waals surface area (Å²) in [5.41, 5.74) is 6.21. The second-order valence-electron chi connectivity index (χ2n) is 3.50. The zero-order chi connectivity index (χ0) is 9.90. The largest absolute Gasteiger partial charge is 0.394 e. The first-order chi connectivity index (χ1) is 6.07. The number of nitrogens with two attached hydrogens (primary N) is 1. The van der Waals surface area contributed by atoms with Gasteiger partial charge in [-0.25, -0.2) is 4.68 Å². The van der Waals surface area contributed by atoms with Crippen LogP contribution in [0.4, 0.5) is 0 Å². The second kappa shape index (κ2) is 3.72. The van der Waals surface area contributed by atoms with E-state index in [0.717, 1.165) is 5.56 Å². The maximum atomic E-state index is 8.95. The number of aliphatic hydroxyl groups is 1. The van der Waals surface area contributed by atoms with Crippen LogP contribution < -0.4 is 5.73 Å². The molecular weight excluding hydrogens is 166 g/mol. The third-order valence-corrected chi connectivity index (χ3v) is 1.81. The Morgan fingerprint density at radius 2 is 2.54 bits per heavy atom. The summed E-state index contributed by atoms with van der Waals surface area (Å²) in [6, 6.07) is 0. The Labute approximate surface area is 77.7 Å². The number of rotatable bonds is 4. The van der Waals surface area contributed by atoms with Gasteiger partial charge in [0, 0.05) is 17.9 Å². The van der Waals surface area contributed by atoms with Crippen molar-refractivity contribution in [2.45, 2.75) is 18.9 Å². The lowest BCUT2D eigenvalue weighted by molar-refractivity contribution is 0.208. The molecule has 0 radical (unpaired) electrons. The van der Waals surface area contributed by atoms with E-state index in [9.17, 15) is 0 Å². The van der Waals surface area contributed by atoms with Crippen LogP contribution in [0.5, 0.6) is 0 Å². The normalized spacial score (nSPS) is 15.3. The molecule has 72 valence electrons. The van der Waals surface area contributed by atoms with E-state index in [2.05, 4.69) is 11.7 Å². The van der Waals surface area contributed by atoms with Crippen LogP contribution in [0.3, 0.4) is 0 Å². The molecule has 1 atom stereocenters. The molecule has 0 saturated heterocycles. The maximum absolute atomic E-state index is 8.95. The van der Waals surface area contributed by atoms with Crippen LogP contribution in [0.25, 0.3) is 6.20 Å². The second-order valence-corrected chi connectivity index (χ2v) is 3.50. The Balaban J connectivity index is 2.69. The lowest BCUT2D eigenvalue weighted by Gasteiger charge is -2.20. The van der Waals surface area contributed by atoms with Gasteiger partial charge in [0.25, 0.3) is 0 Å². The van der Waals surface area contributed by atoms with E-state index < -0.39 is 5.54 Å². The first-order valence-corrected chi connectivity index (χ1v) is 4.13. The van der Waals surface area contributed by atoms with Gasteiger partial charge in [0.2, 0.25) is 0 Å². The Morgan fingerprint density at radius 3 is 3.00 bits per heavy atom. The van der Waals surface area contributed by atoms with Crippen LogP contribution in [0.1, 0.15) is 12.5 Å². The van der Waals surface area contributed by atoms with Gasteiger partial charge in [0.15, 0.2) is 0 Å². The first-order valence-electron chi connectivity index (χ1n) is 4.13. The Kier molecular flexibility index (Phi) is 2.85. The zero-order valence-corrected chi connectivity index (χ0v) is 7.77. The van der Waals surface area contributed by atoms with Gasteiger partial charge in [-0.15, -0.1) is 0 Å². The van der Waals surface area contributed by atoms with Crippen molar-refractivity contribution in [1.82, 2.24) is 9.78 Å². The van der Waals surface area contributed by atoms with E-state index in [1.807, 2.05) is 6.20 Å². The highest BCUT2D eigenvalue weighted by Crippen LogP contribution is 2.09. The fourth-order valence-corrected chi connectivity index (χ4v) is 1.09. The molecule has 0 aliphatic heterocycles. The Hall–Kier alpha value is -1.13. The van der Waals surface area contributed by atoms with Crippen molar-refractivity contribution in [3.05, 3.63) is 24.5 Å². The van der Waals surface area contributed by atoms with E-state index in [1.54, 1.807) is 24.0 Å². The summed E-state index contributed by atoms with van der Waals surface area (Å²) in [5.74, 6) is 0. The van der Waals surface area contributed by atoms with Gasteiger partial charge in [-0.3, -0.25) is 0 Å².